The van der Waals surface area contributed by atoms with E-state index in [1.165, 1.54) is 0 Å². The van der Waals surface area contributed by atoms with Crippen molar-refractivity contribution >= 4 is 34.8 Å². The lowest BCUT2D eigenvalue weighted by atomic mass is 9.96. The highest BCUT2D eigenvalue weighted by molar-refractivity contribution is 6.39. The smallest absolute Gasteiger partial charge is 0.253 e. The van der Waals surface area contributed by atoms with Crippen molar-refractivity contribution in [3.8, 4) is 0 Å². The van der Waals surface area contributed by atoms with Gasteiger partial charge in [-0.15, -0.1) is 0 Å². The SMILES string of the molecule is CN(C)CC1CCN(C(=O)c2cc(Cl)c(N)c(Cl)c2)CC1. The Balaban J connectivity index is 2.02. The summed E-state index contributed by atoms with van der Waals surface area (Å²) in [4.78, 5) is 16.6. The standard InChI is InChI=1S/C15H21Cl2N3O/c1-19(2)9-10-3-5-20(6-4-10)15(21)11-7-12(16)14(18)13(17)8-11/h7-8,10H,3-6,9,18H2,1-2H3. The van der Waals surface area contributed by atoms with Crippen LogP contribution in [0.1, 0.15) is 23.2 Å². The molecule has 21 heavy (non-hydrogen) atoms. The van der Waals surface area contributed by atoms with Crippen LogP contribution in [0.25, 0.3) is 0 Å². The number of hydrogen-bond donors (Lipinski definition) is 1. The van der Waals surface area contributed by atoms with Crippen molar-refractivity contribution in [3.05, 3.63) is 27.7 Å². The van der Waals surface area contributed by atoms with Gasteiger partial charge in [0.1, 0.15) is 0 Å². The largest absolute Gasteiger partial charge is 0.396 e. The molecule has 1 heterocycles. The zero-order chi connectivity index (χ0) is 15.6. The van der Waals surface area contributed by atoms with Crippen molar-refractivity contribution in [2.24, 2.45) is 5.92 Å². The van der Waals surface area contributed by atoms with Crippen LogP contribution in [0.4, 0.5) is 5.69 Å². The minimum absolute atomic E-state index is 0.0258. The molecule has 0 saturated carbocycles. The third-order valence-electron chi connectivity index (χ3n) is 3.85. The Kier molecular flexibility index (Phi) is 5.36. The van der Waals surface area contributed by atoms with Crippen LogP contribution in [0, 0.1) is 5.92 Å². The summed E-state index contributed by atoms with van der Waals surface area (Å²) in [6, 6.07) is 3.19. The Morgan fingerprint density at radius 3 is 2.29 bits per heavy atom. The van der Waals surface area contributed by atoms with E-state index < -0.39 is 0 Å². The van der Waals surface area contributed by atoms with Gasteiger partial charge in [-0.3, -0.25) is 4.79 Å². The van der Waals surface area contributed by atoms with E-state index in [1.54, 1.807) is 12.1 Å². The summed E-state index contributed by atoms with van der Waals surface area (Å²) >= 11 is 12.0. The molecule has 4 nitrogen and oxygen atoms in total. The average molecular weight is 330 g/mol. The number of amides is 1. The van der Waals surface area contributed by atoms with E-state index in [2.05, 4.69) is 19.0 Å². The van der Waals surface area contributed by atoms with Crippen LogP contribution < -0.4 is 5.73 Å². The molecule has 2 rings (SSSR count). The summed E-state index contributed by atoms with van der Waals surface area (Å²) in [6.07, 6.45) is 2.06. The molecule has 1 aliphatic heterocycles. The lowest BCUT2D eigenvalue weighted by Crippen LogP contribution is -2.40. The van der Waals surface area contributed by atoms with Gasteiger partial charge >= 0.3 is 0 Å². The first-order chi connectivity index (χ1) is 9.88. The van der Waals surface area contributed by atoms with Gasteiger partial charge < -0.3 is 15.5 Å². The van der Waals surface area contributed by atoms with Crippen molar-refractivity contribution in [1.29, 1.82) is 0 Å². The van der Waals surface area contributed by atoms with E-state index >= 15 is 0 Å². The number of anilines is 1. The minimum atomic E-state index is -0.0258. The van der Waals surface area contributed by atoms with E-state index in [4.69, 9.17) is 28.9 Å². The fourth-order valence-electron chi connectivity index (χ4n) is 2.73. The van der Waals surface area contributed by atoms with Crippen LogP contribution in [0.2, 0.25) is 10.0 Å². The third kappa shape index (κ3) is 4.02. The summed E-state index contributed by atoms with van der Waals surface area (Å²) in [5, 5.41) is 0.654. The molecule has 1 amide bonds. The van der Waals surface area contributed by atoms with Gasteiger partial charge in [0, 0.05) is 25.2 Å². The van der Waals surface area contributed by atoms with E-state index in [0.29, 0.717) is 27.2 Å². The van der Waals surface area contributed by atoms with E-state index in [1.807, 2.05) is 4.90 Å². The first kappa shape index (κ1) is 16.4. The number of likely N-dealkylation sites (tertiary alicyclic amines) is 1. The molecule has 0 radical (unpaired) electrons. The highest BCUT2D eigenvalue weighted by Gasteiger charge is 2.24. The van der Waals surface area contributed by atoms with Gasteiger partial charge in [-0.2, -0.15) is 0 Å². The van der Waals surface area contributed by atoms with Crippen LogP contribution >= 0.6 is 23.2 Å². The lowest BCUT2D eigenvalue weighted by molar-refractivity contribution is 0.0678. The van der Waals surface area contributed by atoms with Crippen LogP contribution in [-0.2, 0) is 0 Å². The Hall–Kier alpha value is -0.970. The van der Waals surface area contributed by atoms with Crippen molar-refractivity contribution in [3.63, 3.8) is 0 Å². The Labute approximate surface area is 135 Å². The molecule has 1 saturated heterocycles. The van der Waals surface area contributed by atoms with Crippen molar-refractivity contribution in [1.82, 2.24) is 9.80 Å². The molecule has 1 aliphatic rings. The fraction of sp³-hybridized carbons (Fsp3) is 0.533. The fourth-order valence-corrected chi connectivity index (χ4v) is 3.21. The van der Waals surface area contributed by atoms with Crippen molar-refractivity contribution < 1.29 is 4.79 Å². The summed E-state index contributed by atoms with van der Waals surface area (Å²) in [5.41, 5.74) is 6.52. The monoisotopic (exact) mass is 329 g/mol. The van der Waals surface area contributed by atoms with Gasteiger partial charge in [-0.25, -0.2) is 0 Å². The molecule has 0 aliphatic carbocycles. The molecule has 2 N–H and O–H groups in total. The van der Waals surface area contributed by atoms with Crippen LogP contribution in [0.15, 0.2) is 12.1 Å². The quantitative estimate of drug-likeness (QED) is 0.867. The highest BCUT2D eigenvalue weighted by Crippen LogP contribution is 2.30. The van der Waals surface area contributed by atoms with Gasteiger partial charge in [0.15, 0.2) is 0 Å². The molecular weight excluding hydrogens is 309 g/mol. The number of hydrogen-bond acceptors (Lipinski definition) is 3. The number of halogens is 2. The second-order valence-corrected chi connectivity index (χ2v) is 6.67. The summed E-state index contributed by atoms with van der Waals surface area (Å²) in [6.45, 7) is 2.62. The molecule has 0 atom stereocenters. The summed E-state index contributed by atoms with van der Waals surface area (Å²) in [7, 11) is 4.16. The van der Waals surface area contributed by atoms with Crippen molar-refractivity contribution in [2.45, 2.75) is 12.8 Å². The molecule has 0 bridgehead atoms. The molecule has 116 valence electrons. The highest BCUT2D eigenvalue weighted by atomic mass is 35.5. The maximum atomic E-state index is 12.5. The predicted octanol–water partition coefficient (Wildman–Crippen LogP) is 2.99. The van der Waals surface area contributed by atoms with E-state index in [9.17, 15) is 4.79 Å². The van der Waals surface area contributed by atoms with Crippen LogP contribution in [-0.4, -0.2) is 49.4 Å². The lowest BCUT2D eigenvalue weighted by Gasteiger charge is -2.33. The van der Waals surface area contributed by atoms with Gasteiger partial charge in [0.2, 0.25) is 0 Å². The summed E-state index contributed by atoms with van der Waals surface area (Å²) in [5.74, 6) is 0.629. The molecule has 0 spiro atoms. The zero-order valence-electron chi connectivity index (χ0n) is 12.4. The van der Waals surface area contributed by atoms with Crippen molar-refractivity contribution in [2.75, 3.05) is 39.5 Å². The number of piperidine rings is 1. The topological polar surface area (TPSA) is 49.6 Å². The molecule has 1 aromatic carbocycles. The molecule has 0 aromatic heterocycles. The Morgan fingerprint density at radius 2 is 1.81 bits per heavy atom. The Bertz CT molecular complexity index is 503. The number of nitrogens with two attached hydrogens (primary N) is 1. The number of benzene rings is 1. The van der Waals surface area contributed by atoms with Crippen LogP contribution in [0.5, 0.6) is 0 Å². The molecule has 6 heteroatoms. The molecule has 1 aromatic rings. The minimum Gasteiger partial charge on any atom is -0.396 e. The van der Waals surface area contributed by atoms with Crippen LogP contribution in [0.3, 0.4) is 0 Å². The maximum Gasteiger partial charge on any atom is 0.253 e. The number of carbonyl (C=O) groups is 1. The van der Waals surface area contributed by atoms with Gasteiger partial charge in [-0.1, -0.05) is 23.2 Å². The number of nitrogen functional groups attached to an aromatic ring is 1. The number of nitrogens with zero attached hydrogens (tertiary/aromatic N) is 2. The summed E-state index contributed by atoms with van der Waals surface area (Å²) < 4.78 is 0. The van der Waals surface area contributed by atoms with Gasteiger partial charge in [0.05, 0.1) is 15.7 Å². The third-order valence-corrected chi connectivity index (χ3v) is 4.48. The molecular formula is C15H21Cl2N3O. The first-order valence-corrected chi connectivity index (χ1v) is 7.82. The van der Waals surface area contributed by atoms with Gasteiger partial charge in [0.25, 0.3) is 5.91 Å². The predicted molar refractivity (Wildman–Crippen MR) is 88.1 cm³/mol. The van der Waals surface area contributed by atoms with E-state index in [-0.39, 0.29) is 5.91 Å². The second-order valence-electron chi connectivity index (χ2n) is 5.85. The Morgan fingerprint density at radius 1 is 1.29 bits per heavy atom. The normalized spacial score (nSPS) is 16.5. The first-order valence-electron chi connectivity index (χ1n) is 7.07. The second kappa shape index (κ2) is 6.86. The average Bonchev–Trinajstić information content (AvgIpc) is 2.43. The van der Waals surface area contributed by atoms with E-state index in [0.717, 1.165) is 32.5 Å². The molecule has 0 unspecified atom stereocenters. The maximum absolute atomic E-state index is 12.5. The zero-order valence-corrected chi connectivity index (χ0v) is 13.9. The number of rotatable bonds is 3. The molecule has 1 fully saturated rings. The van der Waals surface area contributed by atoms with Gasteiger partial charge in [-0.05, 0) is 45.0 Å². The number of carbonyl (C=O) groups excluding carboxylic acids is 1.